The van der Waals surface area contributed by atoms with Gasteiger partial charge in [-0.05, 0) is 36.1 Å². The Bertz CT molecular complexity index is 564. The van der Waals surface area contributed by atoms with Gasteiger partial charge < -0.3 is 10.6 Å². The van der Waals surface area contributed by atoms with Crippen LogP contribution < -0.4 is 10.6 Å². The Hall–Kier alpha value is -1.46. The molecule has 1 heterocycles. The summed E-state index contributed by atoms with van der Waals surface area (Å²) < 4.78 is 0. The highest BCUT2D eigenvalue weighted by Gasteiger charge is 2.02. The van der Waals surface area contributed by atoms with Gasteiger partial charge in [0, 0.05) is 29.1 Å². The van der Waals surface area contributed by atoms with Crippen LogP contribution in [0.3, 0.4) is 0 Å². The summed E-state index contributed by atoms with van der Waals surface area (Å²) in [6.07, 6.45) is 0. The zero-order valence-electron chi connectivity index (χ0n) is 12.4. The summed E-state index contributed by atoms with van der Waals surface area (Å²) in [4.78, 5) is 6.91. The van der Waals surface area contributed by atoms with Crippen molar-refractivity contribution in [2.75, 3.05) is 19.3 Å². The van der Waals surface area contributed by atoms with Crippen LogP contribution in [0.15, 0.2) is 51.7 Å². The molecule has 0 unspecified atom stereocenters. The lowest BCUT2D eigenvalue weighted by Crippen LogP contribution is -2.37. The molecule has 1 aromatic carbocycles. The maximum Gasteiger partial charge on any atom is 0.191 e. The zero-order valence-corrected chi connectivity index (χ0v) is 14.1. The third kappa shape index (κ3) is 5.44. The molecule has 0 spiro atoms. The maximum absolute atomic E-state index is 4.25. The highest BCUT2D eigenvalue weighted by atomic mass is 32.2. The minimum Gasteiger partial charge on any atom is -0.356 e. The van der Waals surface area contributed by atoms with Gasteiger partial charge in [0.05, 0.1) is 6.54 Å². The van der Waals surface area contributed by atoms with Gasteiger partial charge in [0.1, 0.15) is 0 Å². The summed E-state index contributed by atoms with van der Waals surface area (Å²) in [6, 6.07) is 12.6. The fourth-order valence-corrected chi connectivity index (χ4v) is 3.46. The van der Waals surface area contributed by atoms with Crippen molar-refractivity contribution in [2.24, 2.45) is 4.99 Å². The van der Waals surface area contributed by atoms with E-state index in [0.29, 0.717) is 0 Å². The SMILES string of the molecule is CN=C(NCCSc1ccccc1)NCc1sccc1C. The van der Waals surface area contributed by atoms with Crippen molar-refractivity contribution in [3.05, 3.63) is 52.2 Å². The molecular formula is C16H21N3S2. The van der Waals surface area contributed by atoms with Gasteiger partial charge in [-0.3, -0.25) is 4.99 Å². The first kappa shape index (κ1) is 15.9. The standard InChI is InChI=1S/C16H21N3S2/c1-13-8-10-21-15(13)12-19-16(17-2)18-9-11-20-14-6-4-3-5-7-14/h3-8,10H,9,11-12H2,1-2H3,(H2,17,18,19). The first-order valence-corrected chi connectivity index (χ1v) is 8.81. The van der Waals surface area contributed by atoms with Gasteiger partial charge in [-0.15, -0.1) is 23.1 Å². The Morgan fingerprint density at radius 3 is 2.67 bits per heavy atom. The fraction of sp³-hybridized carbons (Fsp3) is 0.312. The number of guanidine groups is 1. The summed E-state index contributed by atoms with van der Waals surface area (Å²) >= 11 is 3.63. The number of nitrogens with one attached hydrogen (secondary N) is 2. The summed E-state index contributed by atoms with van der Waals surface area (Å²) in [6.45, 7) is 3.86. The first-order valence-electron chi connectivity index (χ1n) is 6.95. The quantitative estimate of drug-likeness (QED) is 0.370. The van der Waals surface area contributed by atoms with Crippen molar-refractivity contribution in [1.82, 2.24) is 10.6 Å². The average Bonchev–Trinajstić information content (AvgIpc) is 2.93. The monoisotopic (exact) mass is 319 g/mol. The van der Waals surface area contributed by atoms with E-state index in [1.54, 1.807) is 18.4 Å². The third-order valence-electron chi connectivity index (χ3n) is 3.01. The minimum absolute atomic E-state index is 0.828. The van der Waals surface area contributed by atoms with E-state index in [4.69, 9.17) is 0 Å². The third-order valence-corrected chi connectivity index (χ3v) is 5.05. The molecule has 0 atom stereocenters. The molecule has 0 radical (unpaired) electrons. The van der Waals surface area contributed by atoms with E-state index < -0.39 is 0 Å². The lowest BCUT2D eigenvalue weighted by Gasteiger charge is -2.11. The number of hydrogen-bond acceptors (Lipinski definition) is 3. The summed E-state index contributed by atoms with van der Waals surface area (Å²) in [5.41, 5.74) is 1.34. The van der Waals surface area contributed by atoms with E-state index in [0.717, 1.165) is 24.8 Å². The van der Waals surface area contributed by atoms with Crippen LogP contribution >= 0.6 is 23.1 Å². The van der Waals surface area contributed by atoms with Crippen LogP contribution in [0.1, 0.15) is 10.4 Å². The number of thioether (sulfide) groups is 1. The Morgan fingerprint density at radius 2 is 2.00 bits per heavy atom. The molecule has 2 rings (SSSR count). The first-order chi connectivity index (χ1) is 10.3. The second-order valence-electron chi connectivity index (χ2n) is 4.54. The van der Waals surface area contributed by atoms with E-state index in [9.17, 15) is 0 Å². The van der Waals surface area contributed by atoms with E-state index in [1.807, 2.05) is 17.8 Å². The number of benzene rings is 1. The Balaban J connectivity index is 1.67. The van der Waals surface area contributed by atoms with Crippen molar-refractivity contribution in [2.45, 2.75) is 18.4 Å². The van der Waals surface area contributed by atoms with E-state index in [1.165, 1.54) is 15.3 Å². The lowest BCUT2D eigenvalue weighted by atomic mass is 10.3. The zero-order chi connectivity index (χ0) is 14.9. The molecule has 0 amide bonds. The molecular weight excluding hydrogens is 298 g/mol. The van der Waals surface area contributed by atoms with Gasteiger partial charge in [0.15, 0.2) is 5.96 Å². The summed E-state index contributed by atoms with van der Waals surface area (Å²) in [5, 5.41) is 8.82. The molecule has 0 fully saturated rings. The smallest absolute Gasteiger partial charge is 0.191 e. The van der Waals surface area contributed by atoms with Gasteiger partial charge in [0.25, 0.3) is 0 Å². The predicted molar refractivity (Wildman–Crippen MR) is 94.4 cm³/mol. The molecule has 2 N–H and O–H groups in total. The van der Waals surface area contributed by atoms with Crippen molar-refractivity contribution in [1.29, 1.82) is 0 Å². The normalized spacial score (nSPS) is 11.4. The van der Waals surface area contributed by atoms with Gasteiger partial charge >= 0.3 is 0 Å². The van der Waals surface area contributed by atoms with Crippen LogP contribution in [0.5, 0.6) is 0 Å². The van der Waals surface area contributed by atoms with Gasteiger partial charge in [-0.2, -0.15) is 0 Å². The van der Waals surface area contributed by atoms with Crippen LogP contribution in [0.25, 0.3) is 0 Å². The molecule has 0 aliphatic heterocycles. The van der Waals surface area contributed by atoms with Crippen molar-refractivity contribution in [3.63, 3.8) is 0 Å². The van der Waals surface area contributed by atoms with Crippen LogP contribution in [0.4, 0.5) is 0 Å². The summed E-state index contributed by atoms with van der Waals surface area (Å²) in [5.74, 6) is 1.87. The minimum atomic E-state index is 0.828. The number of aliphatic imine (C=N–C) groups is 1. The van der Waals surface area contributed by atoms with Gasteiger partial charge in [-0.25, -0.2) is 0 Å². The molecule has 2 aromatic rings. The van der Waals surface area contributed by atoms with Crippen molar-refractivity contribution < 1.29 is 0 Å². The largest absolute Gasteiger partial charge is 0.356 e. The molecule has 0 saturated heterocycles. The number of thiophene rings is 1. The van der Waals surface area contributed by atoms with Gasteiger partial charge in [-0.1, -0.05) is 18.2 Å². The second-order valence-corrected chi connectivity index (χ2v) is 6.71. The molecule has 0 bridgehead atoms. The van der Waals surface area contributed by atoms with Crippen molar-refractivity contribution in [3.8, 4) is 0 Å². The van der Waals surface area contributed by atoms with E-state index in [-0.39, 0.29) is 0 Å². The van der Waals surface area contributed by atoms with E-state index >= 15 is 0 Å². The van der Waals surface area contributed by atoms with Crippen LogP contribution in [0, 0.1) is 6.92 Å². The van der Waals surface area contributed by atoms with Crippen LogP contribution in [-0.4, -0.2) is 25.3 Å². The molecule has 21 heavy (non-hydrogen) atoms. The molecule has 0 aliphatic rings. The van der Waals surface area contributed by atoms with Crippen LogP contribution in [-0.2, 0) is 6.54 Å². The second kappa shape index (κ2) is 8.74. The van der Waals surface area contributed by atoms with E-state index in [2.05, 4.69) is 58.3 Å². The number of nitrogens with zero attached hydrogens (tertiary/aromatic N) is 1. The highest BCUT2D eigenvalue weighted by Crippen LogP contribution is 2.16. The topological polar surface area (TPSA) is 36.4 Å². The average molecular weight is 319 g/mol. The Kier molecular flexibility index (Phi) is 6.63. The van der Waals surface area contributed by atoms with Crippen LogP contribution in [0.2, 0.25) is 0 Å². The Morgan fingerprint density at radius 1 is 1.19 bits per heavy atom. The predicted octanol–water partition coefficient (Wildman–Crippen LogP) is 3.51. The van der Waals surface area contributed by atoms with Gasteiger partial charge in [0.2, 0.25) is 0 Å². The molecule has 0 saturated carbocycles. The maximum atomic E-state index is 4.25. The fourth-order valence-electron chi connectivity index (χ4n) is 1.82. The Labute approximate surface area is 134 Å². The molecule has 5 heteroatoms. The highest BCUT2D eigenvalue weighted by molar-refractivity contribution is 7.99. The molecule has 3 nitrogen and oxygen atoms in total. The molecule has 112 valence electrons. The van der Waals surface area contributed by atoms with Crippen molar-refractivity contribution >= 4 is 29.1 Å². The molecule has 0 aliphatic carbocycles. The molecule has 1 aromatic heterocycles. The lowest BCUT2D eigenvalue weighted by molar-refractivity contribution is 0.838. The number of rotatable bonds is 6. The summed E-state index contributed by atoms with van der Waals surface area (Å²) in [7, 11) is 1.81. The number of hydrogen-bond donors (Lipinski definition) is 2. The number of aryl methyl sites for hydroxylation is 1.